The molecule has 2 aliphatic rings. The number of ether oxygens (including phenoxy) is 1. The van der Waals surface area contributed by atoms with Gasteiger partial charge < -0.3 is 20.3 Å². The lowest BCUT2D eigenvalue weighted by Gasteiger charge is -2.21. The van der Waals surface area contributed by atoms with E-state index in [-0.39, 0.29) is 18.0 Å². The molecule has 3 amide bonds. The van der Waals surface area contributed by atoms with Gasteiger partial charge in [0.25, 0.3) is 5.91 Å². The summed E-state index contributed by atoms with van der Waals surface area (Å²) in [5.74, 6) is -0.0414. The summed E-state index contributed by atoms with van der Waals surface area (Å²) >= 11 is 0. The minimum Gasteiger partial charge on any atom is -0.376 e. The van der Waals surface area contributed by atoms with Gasteiger partial charge in [-0.2, -0.15) is 0 Å². The third-order valence-corrected chi connectivity index (χ3v) is 4.94. The minimum absolute atomic E-state index is 0.0414. The van der Waals surface area contributed by atoms with Crippen LogP contribution in [-0.4, -0.2) is 49.2 Å². The van der Waals surface area contributed by atoms with Gasteiger partial charge in [-0.05, 0) is 49.9 Å². The highest BCUT2D eigenvalue weighted by Crippen LogP contribution is 2.19. The Morgan fingerprint density at radius 2 is 1.84 bits per heavy atom. The summed E-state index contributed by atoms with van der Waals surface area (Å²) in [7, 11) is 1.76. The van der Waals surface area contributed by atoms with Gasteiger partial charge in [-0.15, -0.1) is 0 Å². The van der Waals surface area contributed by atoms with E-state index >= 15 is 0 Å². The molecule has 2 fully saturated rings. The summed E-state index contributed by atoms with van der Waals surface area (Å²) in [4.78, 5) is 26.1. The maximum absolute atomic E-state index is 12.2. The van der Waals surface area contributed by atoms with E-state index in [1.165, 1.54) is 12.8 Å². The van der Waals surface area contributed by atoms with Gasteiger partial charge in [-0.25, -0.2) is 4.79 Å². The van der Waals surface area contributed by atoms with Crippen LogP contribution in [-0.2, 0) is 4.74 Å². The van der Waals surface area contributed by atoms with Gasteiger partial charge in [0.1, 0.15) is 0 Å². The lowest BCUT2D eigenvalue weighted by atomic mass is 10.1. The molecule has 1 heterocycles. The minimum atomic E-state index is -0.168. The highest BCUT2D eigenvalue weighted by molar-refractivity contribution is 5.95. The summed E-state index contributed by atoms with van der Waals surface area (Å²) < 4.78 is 5.55. The van der Waals surface area contributed by atoms with Crippen LogP contribution < -0.4 is 10.6 Å². The topological polar surface area (TPSA) is 70.7 Å². The molecule has 1 aromatic carbocycles. The van der Waals surface area contributed by atoms with E-state index < -0.39 is 0 Å². The first kappa shape index (κ1) is 17.7. The van der Waals surface area contributed by atoms with Crippen LogP contribution >= 0.6 is 0 Å². The van der Waals surface area contributed by atoms with Gasteiger partial charge in [0.2, 0.25) is 0 Å². The molecule has 6 heteroatoms. The second-order valence-corrected chi connectivity index (χ2v) is 6.98. The second kappa shape index (κ2) is 8.34. The quantitative estimate of drug-likeness (QED) is 0.862. The lowest BCUT2D eigenvalue weighted by Crippen LogP contribution is -2.37. The molecule has 3 rings (SSSR count). The summed E-state index contributed by atoms with van der Waals surface area (Å²) in [6.07, 6.45) is 6.71. The van der Waals surface area contributed by atoms with Crippen LogP contribution in [0.1, 0.15) is 48.9 Å². The molecule has 0 spiro atoms. The number of benzene rings is 1. The normalized spacial score (nSPS) is 20.4. The van der Waals surface area contributed by atoms with Crippen LogP contribution in [0.25, 0.3) is 0 Å². The Labute approximate surface area is 148 Å². The number of urea groups is 1. The first-order valence-electron chi connectivity index (χ1n) is 9.16. The highest BCUT2D eigenvalue weighted by atomic mass is 16.5. The third kappa shape index (κ3) is 4.95. The Balaban J connectivity index is 1.49. The van der Waals surface area contributed by atoms with Crippen molar-refractivity contribution in [2.75, 3.05) is 25.5 Å². The number of carbonyl (C=O) groups excluding carboxylic acids is 2. The van der Waals surface area contributed by atoms with Crippen LogP contribution in [0.5, 0.6) is 0 Å². The van der Waals surface area contributed by atoms with E-state index in [0.29, 0.717) is 23.8 Å². The predicted octanol–water partition coefficient (Wildman–Crippen LogP) is 3.00. The van der Waals surface area contributed by atoms with Crippen molar-refractivity contribution >= 4 is 17.6 Å². The van der Waals surface area contributed by atoms with Crippen molar-refractivity contribution in [1.82, 2.24) is 10.2 Å². The molecular weight excluding hydrogens is 318 g/mol. The molecule has 1 saturated carbocycles. The molecule has 136 valence electrons. The maximum atomic E-state index is 12.2. The number of likely N-dealkylation sites (N-methyl/N-ethyl adjacent to an activating group) is 1. The van der Waals surface area contributed by atoms with Crippen molar-refractivity contribution in [2.24, 2.45) is 0 Å². The first-order valence-corrected chi connectivity index (χ1v) is 9.16. The van der Waals surface area contributed by atoms with E-state index in [9.17, 15) is 9.59 Å². The lowest BCUT2D eigenvalue weighted by molar-refractivity contribution is 0.0894. The molecule has 0 bridgehead atoms. The Bertz CT molecular complexity index is 590. The van der Waals surface area contributed by atoms with Gasteiger partial charge >= 0.3 is 6.03 Å². The van der Waals surface area contributed by atoms with E-state index in [1.54, 1.807) is 36.2 Å². The van der Waals surface area contributed by atoms with Gasteiger partial charge in [-0.1, -0.05) is 12.8 Å². The van der Waals surface area contributed by atoms with E-state index in [4.69, 9.17) is 4.74 Å². The Morgan fingerprint density at radius 1 is 1.12 bits per heavy atom. The van der Waals surface area contributed by atoms with Gasteiger partial charge in [-0.3, -0.25) is 4.79 Å². The Kier molecular flexibility index (Phi) is 5.91. The van der Waals surface area contributed by atoms with Crippen LogP contribution in [0.3, 0.4) is 0 Å². The number of anilines is 1. The first-order chi connectivity index (χ1) is 12.1. The highest BCUT2D eigenvalue weighted by Gasteiger charge is 2.20. The Hall–Kier alpha value is -2.08. The van der Waals surface area contributed by atoms with Gasteiger partial charge in [0, 0.05) is 37.5 Å². The largest absolute Gasteiger partial charge is 0.376 e. The van der Waals surface area contributed by atoms with Crippen LogP contribution in [0.4, 0.5) is 10.5 Å². The SMILES string of the molecule is CN(CC1CCCO1)C(=O)Nc1ccc(C(=O)NC2CCCC2)cc1. The summed E-state index contributed by atoms with van der Waals surface area (Å²) in [5.41, 5.74) is 1.30. The molecule has 1 aliphatic heterocycles. The molecule has 1 aromatic rings. The fraction of sp³-hybridized carbons (Fsp3) is 0.579. The van der Waals surface area contributed by atoms with E-state index in [0.717, 1.165) is 32.3 Å². The van der Waals surface area contributed by atoms with Crippen molar-refractivity contribution in [2.45, 2.75) is 50.7 Å². The number of carbonyl (C=O) groups is 2. The predicted molar refractivity (Wildman–Crippen MR) is 96.8 cm³/mol. The number of amides is 3. The molecule has 0 radical (unpaired) electrons. The number of nitrogens with zero attached hydrogens (tertiary/aromatic N) is 1. The molecule has 0 aromatic heterocycles. The number of hydrogen-bond donors (Lipinski definition) is 2. The van der Waals surface area contributed by atoms with Crippen molar-refractivity contribution in [1.29, 1.82) is 0 Å². The molecule has 1 unspecified atom stereocenters. The molecular formula is C19H27N3O3. The van der Waals surface area contributed by atoms with Crippen molar-refractivity contribution < 1.29 is 14.3 Å². The molecule has 1 atom stereocenters. The molecule has 1 saturated heterocycles. The molecule has 2 N–H and O–H groups in total. The fourth-order valence-corrected chi connectivity index (χ4v) is 3.44. The molecule has 25 heavy (non-hydrogen) atoms. The molecule has 6 nitrogen and oxygen atoms in total. The van der Waals surface area contributed by atoms with Gasteiger partial charge in [0.05, 0.1) is 6.10 Å². The van der Waals surface area contributed by atoms with Gasteiger partial charge in [0.15, 0.2) is 0 Å². The Morgan fingerprint density at radius 3 is 2.48 bits per heavy atom. The smallest absolute Gasteiger partial charge is 0.321 e. The van der Waals surface area contributed by atoms with Crippen molar-refractivity contribution in [3.05, 3.63) is 29.8 Å². The maximum Gasteiger partial charge on any atom is 0.321 e. The van der Waals surface area contributed by atoms with E-state index in [1.807, 2.05) is 0 Å². The van der Waals surface area contributed by atoms with Crippen LogP contribution in [0.2, 0.25) is 0 Å². The van der Waals surface area contributed by atoms with E-state index in [2.05, 4.69) is 10.6 Å². The monoisotopic (exact) mass is 345 g/mol. The number of rotatable bonds is 5. The standard InChI is InChI=1S/C19H27N3O3/c1-22(13-17-7-4-12-25-17)19(24)21-16-10-8-14(9-11-16)18(23)20-15-5-2-3-6-15/h8-11,15,17H,2-7,12-13H2,1H3,(H,20,23)(H,21,24). The summed E-state index contributed by atoms with van der Waals surface area (Å²) in [6, 6.07) is 7.17. The zero-order valence-electron chi connectivity index (χ0n) is 14.8. The second-order valence-electron chi connectivity index (χ2n) is 6.98. The average molecular weight is 345 g/mol. The fourth-order valence-electron chi connectivity index (χ4n) is 3.44. The van der Waals surface area contributed by atoms with Crippen LogP contribution in [0, 0.1) is 0 Å². The summed E-state index contributed by atoms with van der Waals surface area (Å²) in [6.45, 7) is 1.37. The third-order valence-electron chi connectivity index (χ3n) is 4.94. The summed E-state index contributed by atoms with van der Waals surface area (Å²) in [5, 5.41) is 5.92. The average Bonchev–Trinajstić information content (AvgIpc) is 3.29. The zero-order valence-corrected chi connectivity index (χ0v) is 14.8. The zero-order chi connectivity index (χ0) is 17.6. The molecule has 1 aliphatic carbocycles. The number of hydrogen-bond acceptors (Lipinski definition) is 3. The number of nitrogens with one attached hydrogen (secondary N) is 2. The van der Waals surface area contributed by atoms with Crippen molar-refractivity contribution in [3.8, 4) is 0 Å². The van der Waals surface area contributed by atoms with Crippen molar-refractivity contribution in [3.63, 3.8) is 0 Å². The van der Waals surface area contributed by atoms with Crippen LogP contribution in [0.15, 0.2) is 24.3 Å².